The van der Waals surface area contributed by atoms with E-state index >= 15 is 0 Å². The van der Waals surface area contributed by atoms with Gasteiger partial charge < -0.3 is 10.4 Å². The summed E-state index contributed by atoms with van der Waals surface area (Å²) in [6.07, 6.45) is -0.398. The third kappa shape index (κ3) is 3.03. The van der Waals surface area contributed by atoms with E-state index < -0.39 is 6.10 Å². The van der Waals surface area contributed by atoms with Gasteiger partial charge in [0.25, 0.3) is 0 Å². The second kappa shape index (κ2) is 4.23. The Morgan fingerprint density at radius 2 is 2.23 bits per heavy atom. The van der Waals surface area contributed by atoms with E-state index in [1.54, 1.807) is 26.0 Å². The van der Waals surface area contributed by atoms with E-state index in [4.69, 9.17) is 5.11 Å². The minimum absolute atomic E-state index is 0.206. The van der Waals surface area contributed by atoms with E-state index in [9.17, 15) is 4.39 Å². The first kappa shape index (κ1) is 9.99. The van der Waals surface area contributed by atoms with E-state index in [-0.39, 0.29) is 5.82 Å². The first-order chi connectivity index (χ1) is 6.09. The Hall–Kier alpha value is -1.09. The van der Waals surface area contributed by atoms with Gasteiger partial charge in [-0.05, 0) is 37.6 Å². The first-order valence-corrected chi connectivity index (χ1v) is 4.27. The minimum atomic E-state index is -0.398. The van der Waals surface area contributed by atoms with Crippen molar-refractivity contribution in [1.29, 1.82) is 0 Å². The van der Waals surface area contributed by atoms with Crippen LogP contribution in [-0.4, -0.2) is 17.8 Å². The van der Waals surface area contributed by atoms with Crippen molar-refractivity contribution in [3.05, 3.63) is 29.6 Å². The third-order valence-corrected chi connectivity index (χ3v) is 1.76. The maximum Gasteiger partial charge on any atom is 0.126 e. The predicted molar refractivity (Wildman–Crippen MR) is 51.3 cm³/mol. The van der Waals surface area contributed by atoms with Crippen molar-refractivity contribution in [3.8, 4) is 0 Å². The van der Waals surface area contributed by atoms with Crippen LogP contribution in [0.25, 0.3) is 0 Å². The lowest BCUT2D eigenvalue weighted by molar-refractivity contribution is 0.208. The topological polar surface area (TPSA) is 32.3 Å². The highest BCUT2D eigenvalue weighted by Gasteiger charge is 1.99. The number of hydrogen-bond donors (Lipinski definition) is 2. The molecule has 0 saturated heterocycles. The molecule has 0 unspecified atom stereocenters. The summed E-state index contributed by atoms with van der Waals surface area (Å²) in [7, 11) is 0. The third-order valence-electron chi connectivity index (χ3n) is 1.76. The Labute approximate surface area is 77.4 Å². The quantitative estimate of drug-likeness (QED) is 0.750. The number of benzene rings is 1. The summed E-state index contributed by atoms with van der Waals surface area (Å²) in [5.41, 5.74) is 1.44. The fourth-order valence-corrected chi connectivity index (χ4v) is 1.02. The van der Waals surface area contributed by atoms with E-state index in [0.717, 1.165) is 5.69 Å². The molecule has 0 saturated carbocycles. The van der Waals surface area contributed by atoms with Crippen LogP contribution in [0.15, 0.2) is 18.2 Å². The molecule has 2 N–H and O–H groups in total. The van der Waals surface area contributed by atoms with Crippen molar-refractivity contribution in [3.63, 3.8) is 0 Å². The van der Waals surface area contributed by atoms with Crippen molar-refractivity contribution in [2.45, 2.75) is 20.0 Å². The first-order valence-electron chi connectivity index (χ1n) is 4.27. The number of nitrogens with one attached hydrogen (secondary N) is 1. The van der Waals surface area contributed by atoms with Gasteiger partial charge in [-0.25, -0.2) is 4.39 Å². The van der Waals surface area contributed by atoms with Crippen LogP contribution in [0.5, 0.6) is 0 Å². The standard InChI is InChI=1S/C10H14FNO/c1-7-5-9(3-4-10(7)11)12-6-8(2)13/h3-5,8,12-13H,6H2,1-2H3/t8-/m1/s1. The number of halogens is 1. The normalized spacial score (nSPS) is 12.6. The zero-order valence-electron chi connectivity index (χ0n) is 7.84. The molecule has 0 heterocycles. The largest absolute Gasteiger partial charge is 0.392 e. The van der Waals surface area contributed by atoms with Gasteiger partial charge in [-0.15, -0.1) is 0 Å². The molecule has 0 bridgehead atoms. The number of rotatable bonds is 3. The summed E-state index contributed by atoms with van der Waals surface area (Å²) in [6, 6.07) is 4.79. The molecule has 1 rings (SSSR count). The zero-order valence-corrected chi connectivity index (χ0v) is 7.84. The van der Waals surface area contributed by atoms with Crippen LogP contribution in [0.4, 0.5) is 10.1 Å². The maximum absolute atomic E-state index is 12.8. The highest BCUT2D eigenvalue weighted by Crippen LogP contribution is 2.13. The Balaban J connectivity index is 2.63. The fraction of sp³-hybridized carbons (Fsp3) is 0.400. The Kier molecular flexibility index (Phi) is 3.25. The second-order valence-electron chi connectivity index (χ2n) is 3.19. The van der Waals surface area contributed by atoms with Gasteiger partial charge in [0.1, 0.15) is 5.82 Å². The van der Waals surface area contributed by atoms with Gasteiger partial charge in [0, 0.05) is 12.2 Å². The highest BCUT2D eigenvalue weighted by molar-refractivity contribution is 5.45. The molecule has 1 aromatic carbocycles. The monoisotopic (exact) mass is 183 g/mol. The van der Waals surface area contributed by atoms with Gasteiger partial charge in [-0.3, -0.25) is 0 Å². The fourth-order valence-electron chi connectivity index (χ4n) is 1.02. The van der Waals surface area contributed by atoms with Crippen molar-refractivity contribution >= 4 is 5.69 Å². The molecule has 13 heavy (non-hydrogen) atoms. The van der Waals surface area contributed by atoms with Gasteiger partial charge in [0.15, 0.2) is 0 Å². The van der Waals surface area contributed by atoms with Crippen LogP contribution in [-0.2, 0) is 0 Å². The molecule has 0 aromatic heterocycles. The van der Waals surface area contributed by atoms with Crippen LogP contribution in [0.2, 0.25) is 0 Å². The second-order valence-corrected chi connectivity index (χ2v) is 3.19. The lowest BCUT2D eigenvalue weighted by atomic mass is 10.2. The Bertz CT molecular complexity index is 286. The summed E-state index contributed by atoms with van der Waals surface area (Å²) in [6.45, 7) is 3.89. The summed E-state index contributed by atoms with van der Waals surface area (Å²) in [5.74, 6) is -0.206. The summed E-state index contributed by atoms with van der Waals surface area (Å²) >= 11 is 0. The van der Waals surface area contributed by atoms with Gasteiger partial charge in [0.2, 0.25) is 0 Å². The lowest BCUT2D eigenvalue weighted by Crippen LogP contribution is -2.15. The van der Waals surface area contributed by atoms with E-state index in [1.165, 1.54) is 6.07 Å². The van der Waals surface area contributed by atoms with Crippen LogP contribution in [0.3, 0.4) is 0 Å². The molecule has 72 valence electrons. The number of aliphatic hydroxyl groups excluding tert-OH is 1. The Morgan fingerprint density at radius 3 is 2.77 bits per heavy atom. The SMILES string of the molecule is Cc1cc(NC[C@@H](C)O)ccc1F. The lowest BCUT2D eigenvalue weighted by Gasteiger charge is -2.08. The number of aliphatic hydroxyl groups is 1. The summed E-state index contributed by atoms with van der Waals surface area (Å²) in [4.78, 5) is 0. The van der Waals surface area contributed by atoms with Crippen LogP contribution >= 0.6 is 0 Å². The average molecular weight is 183 g/mol. The molecule has 0 spiro atoms. The van der Waals surface area contributed by atoms with E-state index in [0.29, 0.717) is 12.1 Å². The average Bonchev–Trinajstić information content (AvgIpc) is 2.07. The van der Waals surface area contributed by atoms with Gasteiger partial charge in [-0.2, -0.15) is 0 Å². The summed E-state index contributed by atoms with van der Waals surface area (Å²) in [5, 5.41) is 12.0. The molecule has 0 aliphatic carbocycles. The zero-order chi connectivity index (χ0) is 9.84. The number of hydrogen-bond acceptors (Lipinski definition) is 2. The van der Waals surface area contributed by atoms with Gasteiger partial charge >= 0.3 is 0 Å². The van der Waals surface area contributed by atoms with Gasteiger partial charge in [0.05, 0.1) is 6.10 Å². The van der Waals surface area contributed by atoms with Crippen molar-refractivity contribution in [2.75, 3.05) is 11.9 Å². The van der Waals surface area contributed by atoms with E-state index in [2.05, 4.69) is 5.32 Å². The molecule has 1 aromatic rings. The number of anilines is 1. The predicted octanol–water partition coefficient (Wildman–Crippen LogP) is 1.93. The highest BCUT2D eigenvalue weighted by atomic mass is 19.1. The molecule has 0 fully saturated rings. The van der Waals surface area contributed by atoms with Crippen molar-refractivity contribution < 1.29 is 9.50 Å². The molecule has 0 aliphatic rings. The molecular formula is C10H14FNO. The molecule has 0 aliphatic heterocycles. The summed E-state index contributed by atoms with van der Waals surface area (Å²) < 4.78 is 12.8. The van der Waals surface area contributed by atoms with Crippen LogP contribution < -0.4 is 5.32 Å². The maximum atomic E-state index is 12.8. The van der Waals surface area contributed by atoms with Gasteiger partial charge in [-0.1, -0.05) is 0 Å². The molecule has 0 radical (unpaired) electrons. The molecule has 0 amide bonds. The van der Waals surface area contributed by atoms with E-state index in [1.807, 2.05) is 0 Å². The molecule has 1 atom stereocenters. The van der Waals surface area contributed by atoms with Crippen LogP contribution in [0.1, 0.15) is 12.5 Å². The molecule has 2 nitrogen and oxygen atoms in total. The van der Waals surface area contributed by atoms with Crippen molar-refractivity contribution in [2.24, 2.45) is 0 Å². The Morgan fingerprint density at radius 1 is 1.54 bits per heavy atom. The van der Waals surface area contributed by atoms with Crippen molar-refractivity contribution in [1.82, 2.24) is 0 Å². The molecule has 3 heteroatoms. The molecular weight excluding hydrogens is 169 g/mol. The smallest absolute Gasteiger partial charge is 0.126 e. The van der Waals surface area contributed by atoms with Crippen LogP contribution in [0, 0.1) is 12.7 Å². The number of aryl methyl sites for hydroxylation is 1. The minimum Gasteiger partial charge on any atom is -0.392 e.